The zero-order valence-electron chi connectivity index (χ0n) is 19.6. The molecular weight excluding hydrogens is 402 g/mol. The molecule has 7 nitrogen and oxygen atoms in total. The Labute approximate surface area is 191 Å². The third-order valence-electron chi connectivity index (χ3n) is 6.13. The molecule has 0 radical (unpaired) electrons. The molecule has 3 rings (SSSR count). The van der Waals surface area contributed by atoms with E-state index in [0.29, 0.717) is 30.4 Å². The lowest BCUT2D eigenvalue weighted by Crippen LogP contribution is -2.46. The van der Waals surface area contributed by atoms with Crippen LogP contribution in [-0.4, -0.2) is 53.8 Å². The van der Waals surface area contributed by atoms with Gasteiger partial charge in [-0.3, -0.25) is 9.59 Å². The average molecular weight is 438 g/mol. The molecule has 2 atom stereocenters. The molecule has 1 aromatic carbocycles. The van der Waals surface area contributed by atoms with Crippen molar-refractivity contribution in [2.45, 2.75) is 45.6 Å². The fraction of sp³-hybridized carbons (Fsp3) is 0.480. The molecule has 1 aromatic heterocycles. The van der Waals surface area contributed by atoms with Gasteiger partial charge in [0.15, 0.2) is 0 Å². The van der Waals surface area contributed by atoms with Gasteiger partial charge in [0.2, 0.25) is 0 Å². The van der Waals surface area contributed by atoms with E-state index in [-0.39, 0.29) is 6.04 Å². The van der Waals surface area contributed by atoms with Crippen molar-refractivity contribution in [3.05, 3.63) is 53.2 Å². The molecule has 1 aliphatic rings. The Morgan fingerprint density at radius 2 is 1.94 bits per heavy atom. The minimum atomic E-state index is -0.639. The van der Waals surface area contributed by atoms with Crippen LogP contribution in [0.15, 0.2) is 36.5 Å². The summed E-state index contributed by atoms with van der Waals surface area (Å²) in [6, 6.07) is 10.1. The van der Waals surface area contributed by atoms with Crippen LogP contribution in [0.5, 0.6) is 0 Å². The van der Waals surface area contributed by atoms with Gasteiger partial charge in [-0.2, -0.15) is 0 Å². The molecule has 2 aromatic rings. The maximum Gasteiger partial charge on any atom is 0.313 e. The van der Waals surface area contributed by atoms with Crippen LogP contribution in [0, 0.1) is 5.92 Å². The van der Waals surface area contributed by atoms with Gasteiger partial charge in [-0.1, -0.05) is 38.1 Å². The van der Waals surface area contributed by atoms with Crippen molar-refractivity contribution in [2.75, 3.05) is 38.2 Å². The van der Waals surface area contributed by atoms with Crippen molar-refractivity contribution in [3.8, 4) is 0 Å². The number of nitrogens with two attached hydrogens (primary N) is 1. The van der Waals surface area contributed by atoms with E-state index in [4.69, 9.17) is 5.73 Å². The molecule has 32 heavy (non-hydrogen) atoms. The van der Waals surface area contributed by atoms with Gasteiger partial charge in [0, 0.05) is 13.1 Å². The average Bonchev–Trinajstić information content (AvgIpc) is 2.78. The SMILES string of the molecule is CCc1cc(NC(=O)C(=O)N2C[C@@H](C)CC[C@@H]2c2ccc(CCN(C)C)cc2)cnc1N. The highest BCUT2D eigenvalue weighted by Crippen LogP contribution is 2.33. The highest BCUT2D eigenvalue weighted by molar-refractivity contribution is 6.39. The standard InChI is InChI=1S/C25H35N5O2/c1-5-19-14-21(15-27-23(19)26)28-24(31)25(32)30-16-17(2)6-11-22(30)20-9-7-18(8-10-20)12-13-29(3)4/h7-10,14-15,17,22H,5-6,11-13,16H2,1-4H3,(H2,26,27)(H,28,31)/t17-,22+/m0/s1. The Morgan fingerprint density at radius 3 is 2.59 bits per heavy atom. The number of rotatable bonds is 6. The molecule has 2 heterocycles. The van der Waals surface area contributed by atoms with E-state index in [1.54, 1.807) is 11.0 Å². The molecule has 1 aliphatic heterocycles. The van der Waals surface area contributed by atoms with Gasteiger partial charge in [-0.05, 0) is 68.5 Å². The van der Waals surface area contributed by atoms with Crippen LogP contribution in [0.2, 0.25) is 0 Å². The number of anilines is 2. The summed E-state index contributed by atoms with van der Waals surface area (Å²) in [7, 11) is 4.13. The van der Waals surface area contributed by atoms with E-state index in [2.05, 4.69) is 60.5 Å². The van der Waals surface area contributed by atoms with Gasteiger partial charge >= 0.3 is 11.8 Å². The second-order valence-corrected chi connectivity index (χ2v) is 9.03. The lowest BCUT2D eigenvalue weighted by Gasteiger charge is -2.38. The lowest BCUT2D eigenvalue weighted by atomic mass is 9.89. The molecule has 1 saturated heterocycles. The summed E-state index contributed by atoms with van der Waals surface area (Å²) in [5.74, 6) is -0.351. The zero-order valence-corrected chi connectivity index (χ0v) is 19.6. The molecular formula is C25H35N5O2. The first-order chi connectivity index (χ1) is 15.3. The number of nitrogens with one attached hydrogen (secondary N) is 1. The topological polar surface area (TPSA) is 91.6 Å². The molecule has 2 amide bonds. The van der Waals surface area contributed by atoms with Crippen LogP contribution in [0.3, 0.4) is 0 Å². The summed E-state index contributed by atoms with van der Waals surface area (Å²) in [4.78, 5) is 34.0. The highest BCUT2D eigenvalue weighted by atomic mass is 16.2. The zero-order chi connectivity index (χ0) is 23.3. The number of nitrogen functional groups attached to an aromatic ring is 1. The Hall–Kier alpha value is -2.93. The third-order valence-corrected chi connectivity index (χ3v) is 6.13. The third kappa shape index (κ3) is 5.85. The summed E-state index contributed by atoms with van der Waals surface area (Å²) in [5, 5.41) is 2.71. The van der Waals surface area contributed by atoms with Gasteiger partial charge in [-0.25, -0.2) is 4.98 Å². The first-order valence-electron chi connectivity index (χ1n) is 11.4. The molecule has 1 fully saturated rings. The van der Waals surface area contributed by atoms with Crippen molar-refractivity contribution in [2.24, 2.45) is 5.92 Å². The largest absolute Gasteiger partial charge is 0.383 e. The predicted molar refractivity (Wildman–Crippen MR) is 128 cm³/mol. The highest BCUT2D eigenvalue weighted by Gasteiger charge is 2.34. The molecule has 172 valence electrons. The van der Waals surface area contributed by atoms with E-state index < -0.39 is 11.8 Å². The van der Waals surface area contributed by atoms with E-state index in [1.165, 1.54) is 11.8 Å². The Morgan fingerprint density at radius 1 is 1.22 bits per heavy atom. The van der Waals surface area contributed by atoms with Crippen LogP contribution < -0.4 is 11.1 Å². The van der Waals surface area contributed by atoms with Crippen LogP contribution in [0.1, 0.15) is 49.4 Å². The fourth-order valence-electron chi connectivity index (χ4n) is 4.17. The number of hydrogen-bond donors (Lipinski definition) is 2. The van der Waals surface area contributed by atoms with Crippen LogP contribution >= 0.6 is 0 Å². The molecule has 0 aliphatic carbocycles. The normalized spacial score (nSPS) is 18.6. The monoisotopic (exact) mass is 437 g/mol. The van der Waals surface area contributed by atoms with Gasteiger partial charge in [0.1, 0.15) is 5.82 Å². The van der Waals surface area contributed by atoms with Gasteiger partial charge in [0.05, 0.1) is 17.9 Å². The number of aromatic nitrogens is 1. The summed E-state index contributed by atoms with van der Waals surface area (Å²) < 4.78 is 0. The van der Waals surface area contributed by atoms with Crippen LogP contribution in [-0.2, 0) is 22.4 Å². The number of benzene rings is 1. The quantitative estimate of drug-likeness (QED) is 0.677. The number of piperidine rings is 1. The van der Waals surface area contributed by atoms with Crippen LogP contribution in [0.4, 0.5) is 11.5 Å². The number of carbonyl (C=O) groups excluding carboxylic acids is 2. The number of likely N-dealkylation sites (tertiary alicyclic amines) is 1. The van der Waals surface area contributed by atoms with Gasteiger partial charge < -0.3 is 20.9 Å². The van der Waals surface area contributed by atoms with Crippen molar-refractivity contribution >= 4 is 23.3 Å². The number of carbonyl (C=O) groups is 2. The number of aryl methyl sites for hydroxylation is 1. The number of hydrogen-bond acceptors (Lipinski definition) is 5. The van der Waals surface area contributed by atoms with E-state index in [1.807, 2.05) is 6.92 Å². The summed E-state index contributed by atoms with van der Waals surface area (Å²) in [5.41, 5.74) is 9.52. The summed E-state index contributed by atoms with van der Waals surface area (Å²) in [6.45, 7) is 5.65. The van der Waals surface area contributed by atoms with Crippen LogP contribution in [0.25, 0.3) is 0 Å². The van der Waals surface area contributed by atoms with Gasteiger partial charge in [0.25, 0.3) is 0 Å². The summed E-state index contributed by atoms with van der Waals surface area (Å²) in [6.07, 6.45) is 5.05. The molecule has 0 bridgehead atoms. The van der Waals surface area contributed by atoms with E-state index in [0.717, 1.165) is 36.9 Å². The second-order valence-electron chi connectivity index (χ2n) is 9.03. The molecule has 0 saturated carbocycles. The first kappa shape index (κ1) is 23.7. The Kier molecular flexibility index (Phi) is 7.85. The van der Waals surface area contributed by atoms with E-state index >= 15 is 0 Å². The minimum Gasteiger partial charge on any atom is -0.383 e. The second kappa shape index (κ2) is 10.6. The number of amides is 2. The number of nitrogens with zero attached hydrogens (tertiary/aromatic N) is 3. The smallest absolute Gasteiger partial charge is 0.313 e. The van der Waals surface area contributed by atoms with E-state index in [9.17, 15) is 9.59 Å². The van der Waals surface area contributed by atoms with Crippen molar-refractivity contribution in [3.63, 3.8) is 0 Å². The Bertz CT molecular complexity index is 942. The van der Waals surface area contributed by atoms with Crippen molar-refractivity contribution in [1.82, 2.24) is 14.8 Å². The molecule has 7 heteroatoms. The summed E-state index contributed by atoms with van der Waals surface area (Å²) >= 11 is 0. The molecule has 3 N–H and O–H groups in total. The van der Waals surface area contributed by atoms with Crippen molar-refractivity contribution < 1.29 is 9.59 Å². The maximum atomic E-state index is 13.2. The van der Waals surface area contributed by atoms with Crippen molar-refractivity contribution in [1.29, 1.82) is 0 Å². The maximum absolute atomic E-state index is 13.2. The minimum absolute atomic E-state index is 0.0944. The number of pyridine rings is 1. The Balaban J connectivity index is 1.74. The lowest BCUT2D eigenvalue weighted by molar-refractivity contribution is -0.146. The fourth-order valence-corrected chi connectivity index (χ4v) is 4.17. The predicted octanol–water partition coefficient (Wildman–Crippen LogP) is 3.27. The first-order valence-corrected chi connectivity index (χ1v) is 11.4. The van der Waals surface area contributed by atoms with Gasteiger partial charge in [-0.15, -0.1) is 0 Å². The molecule has 0 spiro atoms. The molecule has 0 unspecified atom stereocenters. The number of likely N-dealkylation sites (N-methyl/N-ethyl adjacent to an activating group) is 1.